The fourth-order valence-corrected chi connectivity index (χ4v) is 4.93. The predicted molar refractivity (Wildman–Crippen MR) is 95.5 cm³/mol. The Kier molecular flexibility index (Phi) is 7.43. The smallest absolute Gasteiger partial charge is 0.289 e. The van der Waals surface area contributed by atoms with E-state index in [9.17, 15) is 18.5 Å². The van der Waals surface area contributed by atoms with Crippen molar-refractivity contribution in [2.75, 3.05) is 26.7 Å². The fraction of sp³-hybridized carbons (Fsp3) is 0.571. The zero-order valence-electron chi connectivity index (χ0n) is 13.5. The Bertz CT molecular complexity index is 704. The van der Waals surface area contributed by atoms with Crippen LogP contribution in [0, 0.1) is 23.0 Å². The maximum atomic E-state index is 12.8. The van der Waals surface area contributed by atoms with Crippen LogP contribution in [-0.4, -0.2) is 44.3 Å². The molecule has 1 saturated heterocycles. The largest absolute Gasteiger partial charge is 0.319 e. The minimum Gasteiger partial charge on any atom is -0.319 e. The zero-order valence-corrected chi connectivity index (χ0v) is 15.9. The van der Waals surface area contributed by atoms with Crippen molar-refractivity contribution in [1.82, 2.24) is 9.62 Å². The topological polar surface area (TPSA) is 92.6 Å². The van der Waals surface area contributed by atoms with Crippen LogP contribution in [0.2, 0.25) is 5.02 Å². The lowest BCUT2D eigenvalue weighted by atomic mass is 9.98. The molecule has 1 heterocycles. The average Bonchev–Trinajstić information content (AvgIpc) is 2.49. The number of nitro groups is 1. The molecule has 0 amide bonds. The summed E-state index contributed by atoms with van der Waals surface area (Å²) in [5.41, 5.74) is 0.111. The molecule has 1 aromatic rings. The third kappa shape index (κ3) is 4.37. The van der Waals surface area contributed by atoms with E-state index in [4.69, 9.17) is 11.6 Å². The van der Waals surface area contributed by atoms with Gasteiger partial charge in [0.25, 0.3) is 5.69 Å². The highest BCUT2D eigenvalue weighted by Gasteiger charge is 2.33. The molecule has 0 bridgehead atoms. The fourth-order valence-electron chi connectivity index (χ4n) is 2.82. The van der Waals surface area contributed by atoms with Crippen LogP contribution in [0.25, 0.3) is 0 Å². The van der Waals surface area contributed by atoms with Crippen molar-refractivity contribution in [1.29, 1.82) is 0 Å². The van der Waals surface area contributed by atoms with Crippen molar-refractivity contribution in [3.05, 3.63) is 32.8 Å². The van der Waals surface area contributed by atoms with E-state index in [1.807, 2.05) is 7.05 Å². The summed E-state index contributed by atoms with van der Waals surface area (Å²) in [6.07, 6.45) is 1.51. The van der Waals surface area contributed by atoms with Crippen molar-refractivity contribution >= 4 is 39.7 Å². The first-order valence-electron chi connectivity index (χ1n) is 7.36. The molecule has 2 rings (SSSR count). The molecule has 0 aromatic heterocycles. The molecule has 1 N–H and O–H groups in total. The van der Waals surface area contributed by atoms with Gasteiger partial charge in [0.1, 0.15) is 9.92 Å². The van der Waals surface area contributed by atoms with Crippen LogP contribution in [0.1, 0.15) is 18.4 Å². The van der Waals surface area contributed by atoms with E-state index < -0.39 is 14.9 Å². The van der Waals surface area contributed by atoms with E-state index in [0.717, 1.165) is 19.4 Å². The highest BCUT2D eigenvalue weighted by Crippen LogP contribution is 2.35. The lowest BCUT2D eigenvalue weighted by Crippen LogP contribution is -2.40. The van der Waals surface area contributed by atoms with E-state index in [2.05, 4.69) is 5.32 Å². The number of nitro benzene ring substituents is 1. The lowest BCUT2D eigenvalue weighted by Gasteiger charge is -2.31. The molecule has 1 aromatic carbocycles. The second kappa shape index (κ2) is 8.44. The number of piperidine rings is 1. The quantitative estimate of drug-likeness (QED) is 0.608. The van der Waals surface area contributed by atoms with Crippen molar-refractivity contribution in [2.45, 2.75) is 24.7 Å². The first-order chi connectivity index (χ1) is 10.8. The summed E-state index contributed by atoms with van der Waals surface area (Å²) in [5.74, 6) is 0.439. The first kappa shape index (κ1) is 21.1. The molecule has 136 valence electrons. The van der Waals surface area contributed by atoms with Crippen molar-refractivity contribution in [2.24, 2.45) is 5.92 Å². The highest BCUT2D eigenvalue weighted by atomic mass is 35.5. The number of sulfonamides is 1. The summed E-state index contributed by atoms with van der Waals surface area (Å²) in [5, 5.41) is 13.8. The molecule has 1 aliphatic heterocycles. The molecule has 1 fully saturated rings. The second-order valence-electron chi connectivity index (χ2n) is 5.76. The maximum absolute atomic E-state index is 12.8. The van der Waals surface area contributed by atoms with E-state index in [0.29, 0.717) is 24.6 Å². The van der Waals surface area contributed by atoms with Gasteiger partial charge in [0, 0.05) is 19.2 Å². The van der Waals surface area contributed by atoms with Crippen LogP contribution in [0.4, 0.5) is 5.69 Å². The molecule has 24 heavy (non-hydrogen) atoms. The van der Waals surface area contributed by atoms with Gasteiger partial charge in [-0.1, -0.05) is 11.6 Å². The Hall–Kier alpha value is -0.930. The van der Waals surface area contributed by atoms with E-state index in [1.54, 1.807) is 6.92 Å². The van der Waals surface area contributed by atoms with Crippen molar-refractivity contribution < 1.29 is 13.3 Å². The van der Waals surface area contributed by atoms with Crippen LogP contribution in [-0.2, 0) is 10.0 Å². The van der Waals surface area contributed by atoms with Gasteiger partial charge in [-0.25, -0.2) is 8.42 Å². The number of aryl methyl sites for hydroxylation is 1. The molecular weight excluding hydrogens is 377 g/mol. The van der Waals surface area contributed by atoms with Gasteiger partial charge in [-0.15, -0.1) is 12.4 Å². The van der Waals surface area contributed by atoms with Gasteiger partial charge in [-0.05, 0) is 50.9 Å². The van der Waals surface area contributed by atoms with Crippen molar-refractivity contribution in [3.8, 4) is 0 Å². The minimum atomic E-state index is -3.83. The summed E-state index contributed by atoms with van der Waals surface area (Å²) in [6.45, 7) is 3.26. The summed E-state index contributed by atoms with van der Waals surface area (Å²) in [6, 6.07) is 2.67. The second-order valence-corrected chi connectivity index (χ2v) is 8.04. The Morgan fingerprint density at radius 1 is 1.38 bits per heavy atom. The third-order valence-corrected chi connectivity index (χ3v) is 6.48. The number of nitrogens with one attached hydrogen (secondary N) is 1. The van der Waals surface area contributed by atoms with Crippen LogP contribution < -0.4 is 5.32 Å². The Morgan fingerprint density at radius 3 is 2.46 bits per heavy atom. The molecule has 0 unspecified atom stereocenters. The standard InChI is InChI=1S/C14H20ClN3O4S.ClH/c1-10-7-12(18(19)20)14(15)13(8-10)23(21,22)17-5-3-11(4-6-17)9-16-2;/h7-8,11,16H,3-6,9H2,1-2H3;1H. The van der Waals surface area contributed by atoms with Gasteiger partial charge in [0.15, 0.2) is 0 Å². The van der Waals surface area contributed by atoms with Gasteiger partial charge < -0.3 is 5.32 Å². The molecular formula is C14H21Cl2N3O4S. The minimum absolute atomic E-state index is 0. The van der Waals surface area contributed by atoms with Gasteiger partial charge in [0.2, 0.25) is 10.0 Å². The SMILES string of the molecule is CNCC1CCN(S(=O)(=O)c2cc(C)cc([N+](=O)[O-])c2Cl)CC1.Cl. The number of rotatable bonds is 5. The van der Waals surface area contributed by atoms with Crippen LogP contribution in [0.15, 0.2) is 17.0 Å². The van der Waals surface area contributed by atoms with E-state index >= 15 is 0 Å². The summed E-state index contributed by atoms with van der Waals surface area (Å²) in [4.78, 5) is 10.2. The third-order valence-electron chi connectivity index (χ3n) is 4.05. The molecule has 0 radical (unpaired) electrons. The molecule has 0 spiro atoms. The number of hydrogen-bond donors (Lipinski definition) is 1. The molecule has 0 atom stereocenters. The lowest BCUT2D eigenvalue weighted by molar-refractivity contribution is -0.385. The highest BCUT2D eigenvalue weighted by molar-refractivity contribution is 7.89. The monoisotopic (exact) mass is 397 g/mol. The Balaban J connectivity index is 0.00000288. The normalized spacial score (nSPS) is 16.6. The van der Waals surface area contributed by atoms with Crippen LogP contribution >= 0.6 is 24.0 Å². The molecule has 1 aliphatic rings. The Morgan fingerprint density at radius 2 is 1.96 bits per heavy atom. The molecule has 10 heteroatoms. The molecule has 7 nitrogen and oxygen atoms in total. The maximum Gasteiger partial charge on any atom is 0.289 e. The van der Waals surface area contributed by atoms with Crippen molar-refractivity contribution in [3.63, 3.8) is 0 Å². The number of hydrogen-bond acceptors (Lipinski definition) is 5. The van der Waals surface area contributed by atoms with Crippen LogP contribution in [0.3, 0.4) is 0 Å². The number of nitrogens with zero attached hydrogens (tertiary/aromatic N) is 2. The number of halogens is 2. The summed E-state index contributed by atoms with van der Waals surface area (Å²) < 4.78 is 27.0. The average molecular weight is 398 g/mol. The van der Waals surface area contributed by atoms with E-state index in [1.165, 1.54) is 16.4 Å². The van der Waals surface area contributed by atoms with Gasteiger partial charge >= 0.3 is 0 Å². The molecule has 0 saturated carbocycles. The Labute approximate surface area is 153 Å². The molecule has 0 aliphatic carbocycles. The zero-order chi connectivity index (χ0) is 17.2. The first-order valence-corrected chi connectivity index (χ1v) is 9.18. The summed E-state index contributed by atoms with van der Waals surface area (Å²) >= 11 is 6.00. The van der Waals surface area contributed by atoms with Gasteiger partial charge in [-0.2, -0.15) is 4.31 Å². The van der Waals surface area contributed by atoms with E-state index in [-0.39, 0.29) is 28.0 Å². The van der Waals surface area contributed by atoms with Crippen LogP contribution in [0.5, 0.6) is 0 Å². The number of benzene rings is 1. The van der Waals surface area contributed by atoms with Gasteiger partial charge in [-0.3, -0.25) is 10.1 Å². The summed E-state index contributed by atoms with van der Waals surface area (Å²) in [7, 11) is -1.96. The van der Waals surface area contributed by atoms with Gasteiger partial charge in [0.05, 0.1) is 4.92 Å². The predicted octanol–water partition coefficient (Wildman–Crippen LogP) is 2.60.